The second-order valence-electron chi connectivity index (χ2n) is 12.1. The summed E-state index contributed by atoms with van der Waals surface area (Å²) in [6.07, 6.45) is -0.635. The zero-order valence-corrected chi connectivity index (χ0v) is 28.6. The molecule has 258 valence electrons. The van der Waals surface area contributed by atoms with Crippen LogP contribution in [0.15, 0.2) is 59.5 Å². The van der Waals surface area contributed by atoms with E-state index in [1.54, 1.807) is 30.9 Å². The zero-order valence-electron chi connectivity index (χ0n) is 27.8. The summed E-state index contributed by atoms with van der Waals surface area (Å²) in [7, 11) is -4.20. The first kappa shape index (κ1) is 36.3. The van der Waals surface area contributed by atoms with E-state index >= 15 is 0 Å². The van der Waals surface area contributed by atoms with Gasteiger partial charge in [0.25, 0.3) is 0 Å². The van der Waals surface area contributed by atoms with Gasteiger partial charge in [0, 0.05) is 18.8 Å². The number of amides is 2. The molecule has 4 N–H and O–H groups in total. The Kier molecular flexibility index (Phi) is 12.1. The number of benzene rings is 2. The maximum absolute atomic E-state index is 13.2. The Morgan fingerprint density at radius 1 is 1.00 bits per heavy atom. The van der Waals surface area contributed by atoms with E-state index in [9.17, 15) is 27.9 Å². The molecule has 0 saturated carbocycles. The molecule has 3 atom stereocenters. The predicted octanol–water partition coefficient (Wildman–Crippen LogP) is 3.38. The van der Waals surface area contributed by atoms with Crippen molar-refractivity contribution in [2.24, 2.45) is 0 Å². The van der Waals surface area contributed by atoms with Gasteiger partial charge in [-0.2, -0.15) is 4.72 Å². The number of hydrogen-bond acceptors (Lipinski definition) is 9. The SMILES string of the molecule is Cc1cc(C)nc(NC[C@@H]2C[C@@H](OCC(=O)NC[C@H](NS(=O)(=O)c3c(C)cc(C)cc3C)C(=O)O)CN2C(=O)OCc2ccccc2)c1. The van der Waals surface area contributed by atoms with Crippen LogP contribution in [0.2, 0.25) is 0 Å². The van der Waals surface area contributed by atoms with Crippen LogP contribution in [0, 0.1) is 34.6 Å². The second-order valence-corrected chi connectivity index (χ2v) is 13.8. The molecule has 13 nitrogen and oxygen atoms in total. The summed E-state index contributed by atoms with van der Waals surface area (Å²) >= 11 is 0. The van der Waals surface area contributed by atoms with Crippen LogP contribution in [0.5, 0.6) is 0 Å². The number of likely N-dealkylation sites (tertiary alicyclic amines) is 1. The molecule has 0 spiro atoms. The average Bonchev–Trinajstić information content (AvgIpc) is 3.42. The molecule has 1 aromatic heterocycles. The predicted molar refractivity (Wildman–Crippen MR) is 179 cm³/mol. The highest BCUT2D eigenvalue weighted by atomic mass is 32.2. The molecule has 48 heavy (non-hydrogen) atoms. The van der Waals surface area contributed by atoms with E-state index in [1.807, 2.05) is 63.2 Å². The lowest BCUT2D eigenvalue weighted by atomic mass is 10.1. The Hall–Kier alpha value is -4.53. The third-order valence-corrected chi connectivity index (χ3v) is 9.63. The first-order valence-corrected chi connectivity index (χ1v) is 17.1. The molecule has 0 aliphatic carbocycles. The van der Waals surface area contributed by atoms with Crippen molar-refractivity contribution in [2.45, 2.75) is 70.7 Å². The molecule has 1 aliphatic rings. The summed E-state index contributed by atoms with van der Waals surface area (Å²) in [6.45, 7) is 8.68. The highest BCUT2D eigenvalue weighted by Gasteiger charge is 2.37. The molecule has 4 rings (SSSR count). The number of aryl methyl sites for hydroxylation is 5. The molecule has 14 heteroatoms. The van der Waals surface area contributed by atoms with Gasteiger partial charge in [0.15, 0.2) is 0 Å². The number of ether oxygens (including phenoxy) is 2. The number of hydrogen-bond donors (Lipinski definition) is 4. The molecule has 2 amide bonds. The number of aromatic nitrogens is 1. The number of carboxylic acids is 1. The fraction of sp³-hybridized carbons (Fsp3) is 0.412. The monoisotopic (exact) mass is 681 g/mol. The van der Waals surface area contributed by atoms with Crippen LogP contribution >= 0.6 is 0 Å². The lowest BCUT2D eigenvalue weighted by Crippen LogP contribution is -2.49. The summed E-state index contributed by atoms with van der Waals surface area (Å²) < 4.78 is 39.8. The third-order valence-electron chi connectivity index (χ3n) is 7.85. The van der Waals surface area contributed by atoms with Crippen molar-refractivity contribution in [3.8, 4) is 0 Å². The number of carbonyl (C=O) groups excluding carboxylic acids is 2. The van der Waals surface area contributed by atoms with E-state index < -0.39 is 53.3 Å². The van der Waals surface area contributed by atoms with Gasteiger partial charge in [0.2, 0.25) is 15.9 Å². The Morgan fingerprint density at radius 3 is 2.31 bits per heavy atom. The van der Waals surface area contributed by atoms with Crippen molar-refractivity contribution in [2.75, 3.05) is 31.6 Å². The Labute approximate surface area is 281 Å². The van der Waals surface area contributed by atoms with E-state index in [0.29, 0.717) is 29.9 Å². The zero-order chi connectivity index (χ0) is 35.0. The van der Waals surface area contributed by atoms with Gasteiger partial charge in [-0.05, 0) is 75.4 Å². The lowest BCUT2D eigenvalue weighted by Gasteiger charge is -2.24. The van der Waals surface area contributed by atoms with Gasteiger partial charge >= 0.3 is 12.1 Å². The minimum atomic E-state index is -4.20. The summed E-state index contributed by atoms with van der Waals surface area (Å²) in [4.78, 5) is 43.9. The molecule has 0 radical (unpaired) electrons. The molecule has 0 unspecified atom stereocenters. The maximum atomic E-state index is 13.2. The van der Waals surface area contributed by atoms with Crippen LogP contribution in [-0.2, 0) is 35.7 Å². The number of nitrogens with one attached hydrogen (secondary N) is 3. The third kappa shape index (κ3) is 9.99. The Balaban J connectivity index is 1.34. The van der Waals surface area contributed by atoms with Crippen LogP contribution in [0.1, 0.15) is 39.9 Å². The molecule has 1 saturated heterocycles. The van der Waals surface area contributed by atoms with Crippen LogP contribution < -0.4 is 15.4 Å². The Morgan fingerprint density at radius 2 is 1.67 bits per heavy atom. The highest BCUT2D eigenvalue weighted by Crippen LogP contribution is 2.24. The number of nitrogens with zero attached hydrogens (tertiary/aromatic N) is 2. The summed E-state index contributed by atoms with van der Waals surface area (Å²) in [5, 5.41) is 15.4. The normalized spacial score (nSPS) is 16.7. The van der Waals surface area contributed by atoms with Gasteiger partial charge in [0.05, 0.1) is 23.6 Å². The minimum Gasteiger partial charge on any atom is -0.480 e. The number of sulfonamides is 1. The summed E-state index contributed by atoms with van der Waals surface area (Å²) in [5.74, 6) is -1.41. The molecule has 2 heterocycles. The van der Waals surface area contributed by atoms with E-state index in [-0.39, 0.29) is 24.1 Å². The van der Waals surface area contributed by atoms with Crippen LogP contribution in [0.4, 0.5) is 10.6 Å². The fourth-order valence-electron chi connectivity index (χ4n) is 5.84. The van der Waals surface area contributed by atoms with Crippen LogP contribution in [-0.4, -0.2) is 85.8 Å². The van der Waals surface area contributed by atoms with E-state index in [1.165, 1.54) is 0 Å². The molecule has 2 aromatic carbocycles. The number of carboxylic acid groups (broad SMARTS) is 1. The van der Waals surface area contributed by atoms with Gasteiger partial charge in [-0.25, -0.2) is 18.2 Å². The number of carbonyl (C=O) groups is 3. The average molecular weight is 682 g/mol. The molecule has 1 fully saturated rings. The van der Waals surface area contributed by atoms with Crippen molar-refractivity contribution < 1.29 is 37.4 Å². The van der Waals surface area contributed by atoms with E-state index in [2.05, 4.69) is 20.3 Å². The van der Waals surface area contributed by atoms with E-state index in [0.717, 1.165) is 22.4 Å². The number of anilines is 1. The van der Waals surface area contributed by atoms with Gasteiger partial charge in [0.1, 0.15) is 25.1 Å². The van der Waals surface area contributed by atoms with Crippen molar-refractivity contribution in [3.63, 3.8) is 0 Å². The highest BCUT2D eigenvalue weighted by molar-refractivity contribution is 7.89. The summed E-state index contributed by atoms with van der Waals surface area (Å²) in [5.41, 5.74) is 4.58. The number of pyridine rings is 1. The molecule has 0 bridgehead atoms. The first-order chi connectivity index (χ1) is 22.7. The topological polar surface area (TPSA) is 176 Å². The first-order valence-electron chi connectivity index (χ1n) is 15.6. The number of rotatable bonds is 14. The van der Waals surface area contributed by atoms with Crippen molar-refractivity contribution in [1.82, 2.24) is 19.9 Å². The van der Waals surface area contributed by atoms with Gasteiger partial charge < -0.3 is 30.1 Å². The van der Waals surface area contributed by atoms with Crippen molar-refractivity contribution in [3.05, 3.63) is 88.1 Å². The van der Waals surface area contributed by atoms with Crippen molar-refractivity contribution in [1.29, 1.82) is 0 Å². The van der Waals surface area contributed by atoms with Crippen LogP contribution in [0.3, 0.4) is 0 Å². The second kappa shape index (κ2) is 16.0. The smallest absolute Gasteiger partial charge is 0.410 e. The van der Waals surface area contributed by atoms with E-state index in [4.69, 9.17) is 9.47 Å². The Bertz CT molecular complexity index is 1690. The van der Waals surface area contributed by atoms with Crippen molar-refractivity contribution >= 4 is 33.8 Å². The van der Waals surface area contributed by atoms with Gasteiger partial charge in [-0.3, -0.25) is 9.59 Å². The quantitative estimate of drug-likeness (QED) is 0.197. The van der Waals surface area contributed by atoms with Gasteiger partial charge in [-0.1, -0.05) is 48.0 Å². The maximum Gasteiger partial charge on any atom is 0.410 e. The minimum absolute atomic E-state index is 0.000508. The van der Waals surface area contributed by atoms with Gasteiger partial charge in [-0.15, -0.1) is 0 Å². The molecular formula is C34H43N5O8S. The lowest BCUT2D eigenvalue weighted by molar-refractivity contribution is -0.139. The number of aliphatic carboxylic acids is 1. The molecular weight excluding hydrogens is 638 g/mol. The fourth-order valence-corrected chi connectivity index (χ4v) is 7.49. The molecule has 1 aliphatic heterocycles. The summed E-state index contributed by atoms with van der Waals surface area (Å²) in [6, 6.07) is 14.6. The standard InChI is InChI=1S/C34H43N5O8S/c1-21-11-23(3)32(24(4)12-21)48(44,45)38-29(33(41)42)17-36-31(40)20-46-28-15-27(16-35-30-14-22(2)13-25(5)37-30)39(18-28)34(43)47-19-26-9-7-6-8-10-26/h6-14,27-29,38H,15-20H2,1-5H3,(H,35,37)(H,36,40)(H,41,42)/t27-,28+,29-/m0/s1. The van der Waals surface area contributed by atoms with Crippen LogP contribution in [0.25, 0.3) is 0 Å². The largest absolute Gasteiger partial charge is 0.480 e. The molecule has 3 aromatic rings.